The first-order valence-electron chi connectivity index (χ1n) is 5.37. The number of nitrogens with one attached hydrogen (secondary N) is 3. The van der Waals surface area contributed by atoms with E-state index in [1.165, 1.54) is 0 Å². The average molecular weight is 230 g/mol. The van der Waals surface area contributed by atoms with Gasteiger partial charge in [0.2, 0.25) is 5.91 Å². The molecule has 5 heteroatoms. The quantitative estimate of drug-likeness (QED) is 0.721. The lowest BCUT2D eigenvalue weighted by Crippen LogP contribution is -2.29. The molecule has 88 valence electrons. The SMILES string of the molecule is O=C(CNc1ccccc1)NCc1cnc[nH]1. The van der Waals surface area contributed by atoms with Gasteiger partial charge in [-0.25, -0.2) is 4.98 Å². The highest BCUT2D eigenvalue weighted by molar-refractivity contribution is 5.80. The van der Waals surface area contributed by atoms with Gasteiger partial charge in [0.1, 0.15) is 0 Å². The van der Waals surface area contributed by atoms with Crippen LogP contribution in [0, 0.1) is 0 Å². The van der Waals surface area contributed by atoms with E-state index in [1.54, 1.807) is 12.5 Å². The number of imidazole rings is 1. The van der Waals surface area contributed by atoms with E-state index < -0.39 is 0 Å². The molecule has 0 aliphatic rings. The molecule has 0 unspecified atom stereocenters. The number of hydrogen-bond acceptors (Lipinski definition) is 3. The minimum Gasteiger partial charge on any atom is -0.376 e. The largest absolute Gasteiger partial charge is 0.376 e. The molecule has 0 aliphatic carbocycles. The Kier molecular flexibility index (Phi) is 3.75. The Hall–Kier alpha value is -2.30. The Morgan fingerprint density at radius 2 is 2.12 bits per heavy atom. The first-order valence-corrected chi connectivity index (χ1v) is 5.37. The number of nitrogens with zero attached hydrogens (tertiary/aromatic N) is 1. The summed E-state index contributed by atoms with van der Waals surface area (Å²) < 4.78 is 0. The number of rotatable bonds is 5. The van der Waals surface area contributed by atoms with Crippen molar-refractivity contribution in [2.24, 2.45) is 0 Å². The standard InChI is InChI=1S/C12H14N4O/c17-12(15-7-11-6-13-9-16-11)8-14-10-4-2-1-3-5-10/h1-6,9,14H,7-8H2,(H,13,16)(H,15,17). The van der Waals surface area contributed by atoms with Crippen LogP contribution in [-0.4, -0.2) is 22.4 Å². The second-order valence-corrected chi connectivity index (χ2v) is 3.57. The van der Waals surface area contributed by atoms with Gasteiger partial charge in [-0.05, 0) is 12.1 Å². The number of hydrogen-bond donors (Lipinski definition) is 3. The first kappa shape index (κ1) is 11.2. The third-order valence-electron chi connectivity index (χ3n) is 2.26. The fourth-order valence-electron chi connectivity index (χ4n) is 1.38. The molecule has 2 rings (SSSR count). The van der Waals surface area contributed by atoms with Crippen molar-refractivity contribution in [3.63, 3.8) is 0 Å². The molecule has 0 saturated carbocycles. The topological polar surface area (TPSA) is 69.8 Å². The van der Waals surface area contributed by atoms with Gasteiger partial charge in [-0.1, -0.05) is 18.2 Å². The highest BCUT2D eigenvalue weighted by atomic mass is 16.1. The summed E-state index contributed by atoms with van der Waals surface area (Å²) in [5, 5.41) is 5.82. The fraction of sp³-hybridized carbons (Fsp3) is 0.167. The molecule has 0 atom stereocenters. The zero-order valence-corrected chi connectivity index (χ0v) is 9.31. The Balaban J connectivity index is 1.71. The van der Waals surface area contributed by atoms with Crippen molar-refractivity contribution in [1.82, 2.24) is 15.3 Å². The van der Waals surface area contributed by atoms with Crippen molar-refractivity contribution in [2.45, 2.75) is 6.54 Å². The lowest BCUT2D eigenvalue weighted by Gasteiger charge is -2.06. The van der Waals surface area contributed by atoms with Gasteiger partial charge in [0.15, 0.2) is 0 Å². The fourth-order valence-corrected chi connectivity index (χ4v) is 1.38. The first-order chi connectivity index (χ1) is 8.34. The molecule has 0 fully saturated rings. The Morgan fingerprint density at radius 3 is 2.82 bits per heavy atom. The highest BCUT2D eigenvalue weighted by Gasteiger charge is 2.01. The number of carbonyl (C=O) groups is 1. The van der Waals surface area contributed by atoms with Crippen LogP contribution in [0.2, 0.25) is 0 Å². The zero-order chi connectivity index (χ0) is 11.9. The number of carbonyl (C=O) groups excluding carboxylic acids is 1. The molecule has 0 bridgehead atoms. The molecule has 0 aliphatic heterocycles. The van der Waals surface area contributed by atoms with E-state index in [2.05, 4.69) is 20.6 Å². The number of benzene rings is 1. The van der Waals surface area contributed by atoms with E-state index >= 15 is 0 Å². The van der Waals surface area contributed by atoms with Crippen LogP contribution in [0.3, 0.4) is 0 Å². The van der Waals surface area contributed by atoms with Gasteiger partial charge in [-0.2, -0.15) is 0 Å². The summed E-state index contributed by atoms with van der Waals surface area (Å²) in [5.41, 5.74) is 1.82. The van der Waals surface area contributed by atoms with Gasteiger partial charge in [0.05, 0.1) is 25.1 Å². The Bertz CT molecular complexity index is 453. The third kappa shape index (κ3) is 3.64. The summed E-state index contributed by atoms with van der Waals surface area (Å²) in [7, 11) is 0. The summed E-state index contributed by atoms with van der Waals surface area (Å²) in [6.07, 6.45) is 3.27. The van der Waals surface area contributed by atoms with E-state index in [1.807, 2.05) is 30.3 Å². The van der Waals surface area contributed by atoms with E-state index in [4.69, 9.17) is 0 Å². The monoisotopic (exact) mass is 230 g/mol. The summed E-state index contributed by atoms with van der Waals surface area (Å²) in [5.74, 6) is -0.0524. The van der Waals surface area contributed by atoms with E-state index in [-0.39, 0.29) is 12.5 Å². The van der Waals surface area contributed by atoms with Crippen LogP contribution in [0.4, 0.5) is 5.69 Å². The summed E-state index contributed by atoms with van der Waals surface area (Å²) >= 11 is 0. The Morgan fingerprint density at radius 1 is 1.29 bits per heavy atom. The molecule has 1 aromatic carbocycles. The van der Waals surface area contributed by atoms with Crippen molar-refractivity contribution in [3.8, 4) is 0 Å². The van der Waals surface area contributed by atoms with Crippen LogP contribution in [0.5, 0.6) is 0 Å². The molecule has 0 radical (unpaired) electrons. The zero-order valence-electron chi connectivity index (χ0n) is 9.31. The van der Waals surface area contributed by atoms with Crippen LogP contribution >= 0.6 is 0 Å². The maximum Gasteiger partial charge on any atom is 0.239 e. The molecule has 0 spiro atoms. The average Bonchev–Trinajstić information content (AvgIpc) is 2.88. The van der Waals surface area contributed by atoms with Gasteiger partial charge in [0.25, 0.3) is 0 Å². The number of anilines is 1. The van der Waals surface area contributed by atoms with Gasteiger partial charge in [-0.3, -0.25) is 4.79 Å². The summed E-state index contributed by atoms with van der Waals surface area (Å²) in [6.45, 7) is 0.730. The van der Waals surface area contributed by atoms with Gasteiger partial charge < -0.3 is 15.6 Å². The molecule has 3 N–H and O–H groups in total. The molecule has 2 aromatic rings. The number of para-hydroxylation sites is 1. The molecule has 1 aromatic heterocycles. The molecule has 5 nitrogen and oxygen atoms in total. The summed E-state index contributed by atoms with van der Waals surface area (Å²) in [6, 6.07) is 9.61. The van der Waals surface area contributed by atoms with Crippen LogP contribution in [0.1, 0.15) is 5.69 Å². The number of aromatic amines is 1. The molecule has 17 heavy (non-hydrogen) atoms. The second-order valence-electron chi connectivity index (χ2n) is 3.57. The normalized spacial score (nSPS) is 9.88. The van der Waals surface area contributed by atoms with Crippen LogP contribution in [0.25, 0.3) is 0 Å². The maximum absolute atomic E-state index is 11.5. The Labute approximate surface area is 99.3 Å². The predicted octanol–water partition coefficient (Wildman–Crippen LogP) is 1.14. The number of aromatic nitrogens is 2. The van der Waals surface area contributed by atoms with Crippen molar-refractivity contribution in [2.75, 3.05) is 11.9 Å². The maximum atomic E-state index is 11.5. The van der Waals surface area contributed by atoms with Crippen molar-refractivity contribution < 1.29 is 4.79 Å². The lowest BCUT2D eigenvalue weighted by atomic mass is 10.3. The van der Waals surface area contributed by atoms with Gasteiger partial charge >= 0.3 is 0 Å². The molecular weight excluding hydrogens is 216 g/mol. The van der Waals surface area contributed by atoms with E-state index in [9.17, 15) is 4.79 Å². The van der Waals surface area contributed by atoms with Crippen molar-refractivity contribution in [3.05, 3.63) is 48.5 Å². The molecule has 1 heterocycles. The van der Waals surface area contributed by atoms with E-state index in [0.717, 1.165) is 11.4 Å². The minimum absolute atomic E-state index is 0.0524. The van der Waals surface area contributed by atoms with Gasteiger partial charge in [0, 0.05) is 11.9 Å². The van der Waals surface area contributed by atoms with Crippen LogP contribution in [0.15, 0.2) is 42.9 Å². The predicted molar refractivity (Wildman–Crippen MR) is 65.4 cm³/mol. The van der Waals surface area contributed by atoms with Crippen molar-refractivity contribution >= 4 is 11.6 Å². The second kappa shape index (κ2) is 5.69. The van der Waals surface area contributed by atoms with Crippen LogP contribution < -0.4 is 10.6 Å². The third-order valence-corrected chi connectivity index (χ3v) is 2.26. The summed E-state index contributed by atoms with van der Waals surface area (Å²) in [4.78, 5) is 18.3. The van der Waals surface area contributed by atoms with Crippen LogP contribution in [-0.2, 0) is 11.3 Å². The van der Waals surface area contributed by atoms with Crippen molar-refractivity contribution in [1.29, 1.82) is 0 Å². The number of amides is 1. The van der Waals surface area contributed by atoms with Gasteiger partial charge in [-0.15, -0.1) is 0 Å². The molecule has 0 saturated heterocycles. The number of H-pyrrole nitrogens is 1. The molecular formula is C12H14N4O. The smallest absolute Gasteiger partial charge is 0.239 e. The minimum atomic E-state index is -0.0524. The van der Waals surface area contributed by atoms with E-state index in [0.29, 0.717) is 6.54 Å². The lowest BCUT2D eigenvalue weighted by molar-refractivity contribution is -0.119. The molecule has 1 amide bonds. The highest BCUT2D eigenvalue weighted by Crippen LogP contribution is 2.03.